The van der Waals surface area contributed by atoms with Crippen molar-refractivity contribution in [3.63, 3.8) is 0 Å². The molecule has 0 amide bonds. The highest BCUT2D eigenvalue weighted by molar-refractivity contribution is 9.10. The lowest BCUT2D eigenvalue weighted by atomic mass is 10.2. The van der Waals surface area contributed by atoms with Crippen LogP contribution in [-0.2, 0) is 19.4 Å². The number of benzene rings is 1. The first-order chi connectivity index (χ1) is 9.26. The number of hydrogen-bond donors (Lipinski definition) is 1. The lowest BCUT2D eigenvalue weighted by molar-refractivity contribution is 0.913. The summed E-state index contributed by atoms with van der Waals surface area (Å²) in [6.07, 6.45) is 3.77. The van der Waals surface area contributed by atoms with E-state index >= 15 is 0 Å². The maximum atomic E-state index is 9.10. The van der Waals surface area contributed by atoms with Crippen LogP contribution in [0.4, 0.5) is 5.69 Å². The number of thiophene rings is 1. The zero-order valence-electron chi connectivity index (χ0n) is 10.4. The van der Waals surface area contributed by atoms with Crippen LogP contribution in [0.5, 0.6) is 0 Å². The fraction of sp³-hybridized carbons (Fsp3) is 0.267. The number of nitriles is 1. The van der Waals surface area contributed by atoms with Gasteiger partial charge in [0.05, 0.1) is 11.3 Å². The lowest BCUT2D eigenvalue weighted by Gasteiger charge is -2.07. The predicted molar refractivity (Wildman–Crippen MR) is 82.5 cm³/mol. The first-order valence-corrected chi connectivity index (χ1v) is 7.91. The molecule has 0 saturated carbocycles. The molecule has 96 valence electrons. The molecule has 0 spiro atoms. The summed E-state index contributed by atoms with van der Waals surface area (Å²) >= 11 is 5.34. The summed E-state index contributed by atoms with van der Waals surface area (Å²) in [5, 5.41) is 12.5. The molecule has 1 heterocycles. The van der Waals surface area contributed by atoms with Gasteiger partial charge >= 0.3 is 0 Å². The molecule has 0 bridgehead atoms. The molecule has 1 aliphatic carbocycles. The number of anilines is 1. The van der Waals surface area contributed by atoms with Crippen LogP contribution in [0.2, 0.25) is 0 Å². The Morgan fingerprint density at radius 3 is 3.00 bits per heavy atom. The third-order valence-electron chi connectivity index (χ3n) is 3.35. The van der Waals surface area contributed by atoms with Gasteiger partial charge in [-0.3, -0.25) is 0 Å². The number of halogens is 1. The average molecular weight is 333 g/mol. The van der Waals surface area contributed by atoms with Gasteiger partial charge < -0.3 is 5.32 Å². The van der Waals surface area contributed by atoms with Gasteiger partial charge in [0, 0.05) is 20.8 Å². The summed E-state index contributed by atoms with van der Waals surface area (Å²) in [5.74, 6) is 0. The van der Waals surface area contributed by atoms with Gasteiger partial charge in [-0.25, -0.2) is 0 Å². The van der Waals surface area contributed by atoms with Gasteiger partial charge in [0.15, 0.2) is 0 Å². The minimum atomic E-state index is 0.687. The van der Waals surface area contributed by atoms with Gasteiger partial charge in [-0.2, -0.15) is 5.26 Å². The molecule has 0 fully saturated rings. The van der Waals surface area contributed by atoms with Crippen molar-refractivity contribution in [3.8, 4) is 6.07 Å². The maximum absolute atomic E-state index is 9.10. The van der Waals surface area contributed by atoms with E-state index in [1.165, 1.54) is 29.7 Å². The molecule has 0 radical (unpaired) electrons. The third-order valence-corrected chi connectivity index (χ3v) is 5.08. The van der Waals surface area contributed by atoms with Crippen LogP contribution in [0.3, 0.4) is 0 Å². The number of rotatable bonds is 3. The molecule has 3 rings (SSSR count). The average Bonchev–Trinajstić information content (AvgIpc) is 2.97. The van der Waals surface area contributed by atoms with E-state index in [0.29, 0.717) is 5.56 Å². The minimum absolute atomic E-state index is 0.687. The topological polar surface area (TPSA) is 35.8 Å². The Morgan fingerprint density at radius 1 is 1.32 bits per heavy atom. The summed E-state index contributed by atoms with van der Waals surface area (Å²) in [4.78, 5) is 2.90. The first-order valence-electron chi connectivity index (χ1n) is 6.30. The minimum Gasteiger partial charge on any atom is -0.379 e. The molecule has 1 N–H and O–H groups in total. The second-order valence-corrected chi connectivity index (χ2v) is 6.81. The Labute approximate surface area is 125 Å². The normalized spacial score (nSPS) is 13.1. The van der Waals surface area contributed by atoms with Gasteiger partial charge in [0.1, 0.15) is 6.07 Å². The summed E-state index contributed by atoms with van der Waals surface area (Å²) in [6, 6.07) is 10.2. The number of nitrogens with zero attached hydrogens (tertiary/aromatic N) is 1. The number of aryl methyl sites for hydroxylation is 2. The molecule has 0 aliphatic heterocycles. The Morgan fingerprint density at radius 2 is 2.21 bits per heavy atom. The van der Waals surface area contributed by atoms with Crippen LogP contribution >= 0.6 is 27.3 Å². The Balaban J connectivity index is 1.75. The van der Waals surface area contributed by atoms with E-state index in [1.54, 1.807) is 4.88 Å². The highest BCUT2D eigenvalue weighted by Gasteiger charge is 2.14. The fourth-order valence-electron chi connectivity index (χ4n) is 2.42. The monoisotopic (exact) mass is 332 g/mol. The van der Waals surface area contributed by atoms with E-state index in [4.69, 9.17) is 5.26 Å². The van der Waals surface area contributed by atoms with Gasteiger partial charge in [-0.15, -0.1) is 11.3 Å². The summed E-state index contributed by atoms with van der Waals surface area (Å²) in [7, 11) is 0. The predicted octanol–water partition coefficient (Wildman–Crippen LogP) is 4.48. The van der Waals surface area contributed by atoms with E-state index in [9.17, 15) is 0 Å². The Kier molecular flexibility index (Phi) is 3.58. The maximum Gasteiger partial charge on any atom is 0.101 e. The van der Waals surface area contributed by atoms with Crippen molar-refractivity contribution in [2.24, 2.45) is 0 Å². The van der Waals surface area contributed by atoms with E-state index in [0.717, 1.165) is 16.7 Å². The zero-order valence-corrected chi connectivity index (χ0v) is 12.8. The number of nitrogens with one attached hydrogen (secondary N) is 1. The van der Waals surface area contributed by atoms with Gasteiger partial charge in [-0.1, -0.05) is 15.9 Å². The number of hydrogen-bond acceptors (Lipinski definition) is 3. The van der Waals surface area contributed by atoms with E-state index in [2.05, 4.69) is 33.4 Å². The van der Waals surface area contributed by atoms with E-state index in [-0.39, 0.29) is 0 Å². The SMILES string of the molecule is N#Cc1ccc(Br)cc1NCc1cc2c(s1)CCC2. The lowest BCUT2D eigenvalue weighted by Crippen LogP contribution is -1.99. The largest absolute Gasteiger partial charge is 0.379 e. The highest BCUT2D eigenvalue weighted by atomic mass is 79.9. The van der Waals surface area contributed by atoms with Crippen LogP contribution in [0.25, 0.3) is 0 Å². The second kappa shape index (κ2) is 5.36. The molecule has 0 unspecified atom stereocenters. The summed E-state index contributed by atoms with van der Waals surface area (Å²) < 4.78 is 0.989. The molecule has 2 nitrogen and oxygen atoms in total. The highest BCUT2D eigenvalue weighted by Crippen LogP contribution is 2.31. The van der Waals surface area contributed by atoms with Crippen LogP contribution in [-0.4, -0.2) is 0 Å². The van der Waals surface area contributed by atoms with Crippen molar-refractivity contribution in [2.45, 2.75) is 25.8 Å². The molecule has 19 heavy (non-hydrogen) atoms. The molecule has 0 saturated heterocycles. The third kappa shape index (κ3) is 2.68. The van der Waals surface area contributed by atoms with Crippen molar-refractivity contribution in [1.82, 2.24) is 0 Å². The Bertz CT molecular complexity index is 633. The molecule has 0 atom stereocenters. The molecule has 4 heteroatoms. The van der Waals surface area contributed by atoms with Crippen LogP contribution in [0.15, 0.2) is 28.7 Å². The van der Waals surface area contributed by atoms with Crippen LogP contribution in [0.1, 0.15) is 27.3 Å². The van der Waals surface area contributed by atoms with Crippen LogP contribution in [0, 0.1) is 11.3 Å². The number of fused-ring (bicyclic) bond motifs is 1. The second-order valence-electron chi connectivity index (χ2n) is 4.67. The first kappa shape index (κ1) is 12.7. The van der Waals surface area contributed by atoms with Crippen molar-refractivity contribution in [1.29, 1.82) is 5.26 Å². The molecule has 1 aliphatic rings. The quantitative estimate of drug-likeness (QED) is 0.899. The Hall–Kier alpha value is -1.31. The van der Waals surface area contributed by atoms with E-state index < -0.39 is 0 Å². The molecule has 1 aromatic heterocycles. The summed E-state index contributed by atoms with van der Waals surface area (Å²) in [5.41, 5.74) is 3.11. The standard InChI is InChI=1S/C15H13BrN2S/c16-12-5-4-11(8-17)14(7-12)18-9-13-6-10-2-1-3-15(10)19-13/h4-7,18H,1-3,9H2. The van der Waals surface area contributed by atoms with Crippen molar-refractivity contribution >= 4 is 33.0 Å². The fourth-order valence-corrected chi connectivity index (χ4v) is 3.98. The molecular formula is C15H13BrN2S. The summed E-state index contributed by atoms with van der Waals surface area (Å²) in [6.45, 7) is 0.794. The van der Waals surface area contributed by atoms with Crippen molar-refractivity contribution in [2.75, 3.05) is 5.32 Å². The van der Waals surface area contributed by atoms with Gasteiger partial charge in [-0.05, 0) is 49.1 Å². The van der Waals surface area contributed by atoms with Crippen molar-refractivity contribution < 1.29 is 0 Å². The molecule has 1 aromatic carbocycles. The smallest absolute Gasteiger partial charge is 0.101 e. The molecular weight excluding hydrogens is 320 g/mol. The van der Waals surface area contributed by atoms with Crippen LogP contribution < -0.4 is 5.32 Å². The van der Waals surface area contributed by atoms with E-state index in [1.807, 2.05) is 29.5 Å². The van der Waals surface area contributed by atoms with Crippen molar-refractivity contribution in [3.05, 3.63) is 49.6 Å². The van der Waals surface area contributed by atoms with Gasteiger partial charge in [0.2, 0.25) is 0 Å². The molecule has 2 aromatic rings. The zero-order chi connectivity index (χ0) is 13.2. The van der Waals surface area contributed by atoms with Gasteiger partial charge in [0.25, 0.3) is 0 Å².